The van der Waals surface area contributed by atoms with Gasteiger partial charge in [-0.1, -0.05) is 30.3 Å². The van der Waals surface area contributed by atoms with E-state index in [1.54, 1.807) is 0 Å². The van der Waals surface area contributed by atoms with Crippen LogP contribution in [-0.4, -0.2) is 22.7 Å². The van der Waals surface area contributed by atoms with E-state index in [0.29, 0.717) is 36.1 Å². The van der Waals surface area contributed by atoms with Crippen LogP contribution in [0.15, 0.2) is 30.3 Å². The van der Waals surface area contributed by atoms with Gasteiger partial charge in [0.05, 0.1) is 21.7 Å². The second kappa shape index (κ2) is 6.33. The number of fused-ring (bicyclic) bond motifs is 1. The van der Waals surface area contributed by atoms with E-state index in [-0.39, 0.29) is 22.2 Å². The monoisotopic (exact) mass is 357 g/mol. The van der Waals surface area contributed by atoms with Gasteiger partial charge in [-0.3, -0.25) is 10.2 Å². The Labute approximate surface area is 149 Å². The van der Waals surface area contributed by atoms with Gasteiger partial charge in [-0.25, -0.2) is 4.79 Å². The second-order valence-electron chi connectivity index (χ2n) is 6.26. The van der Waals surface area contributed by atoms with E-state index in [2.05, 4.69) is 0 Å². The van der Waals surface area contributed by atoms with Crippen LogP contribution in [0.25, 0.3) is 0 Å². The molecule has 0 amide bonds. The molecule has 1 aromatic carbocycles. The van der Waals surface area contributed by atoms with Crippen LogP contribution < -0.4 is 11.5 Å². The first kappa shape index (κ1) is 17.2. The molecule has 0 bridgehead atoms. The normalized spacial score (nSPS) is 19.4. The number of hydrogen-bond acceptors (Lipinski definition) is 5. The number of hydrogen-bond donors (Lipinski definition) is 4. The fraction of sp³-hybridized carbons (Fsp3) is 0.278. The van der Waals surface area contributed by atoms with Crippen LogP contribution in [0.3, 0.4) is 0 Å². The SMILES string of the molecule is N=C(N)CCC1(c2ccccc2)CCc2c(sc(N)c2C(=O)O)C1=O. The minimum atomic E-state index is -1.10. The molecule has 0 saturated carbocycles. The standard InChI is InChI=1S/C18H19N3O3S/c19-12(20)7-9-18(10-4-2-1-3-5-10)8-6-11-13(17(23)24)16(21)25-14(11)15(18)22/h1-5H,6-9,21H2,(H3,19,20)(H,23,24). The molecule has 25 heavy (non-hydrogen) atoms. The molecule has 6 nitrogen and oxygen atoms in total. The van der Waals surface area contributed by atoms with Crippen molar-refractivity contribution in [1.29, 1.82) is 5.41 Å². The van der Waals surface area contributed by atoms with E-state index in [0.717, 1.165) is 16.9 Å². The third kappa shape index (κ3) is 2.80. The molecule has 0 radical (unpaired) electrons. The minimum absolute atomic E-state index is 0.0332. The number of Topliss-reactive ketones (excluding diaryl/α,β-unsaturated/α-hetero) is 1. The number of carboxylic acid groups (broad SMARTS) is 1. The summed E-state index contributed by atoms with van der Waals surface area (Å²) in [5.41, 5.74) is 12.1. The summed E-state index contributed by atoms with van der Waals surface area (Å²) in [7, 11) is 0. The third-order valence-electron chi connectivity index (χ3n) is 4.84. The van der Waals surface area contributed by atoms with E-state index in [9.17, 15) is 14.7 Å². The first-order valence-electron chi connectivity index (χ1n) is 7.94. The highest BCUT2D eigenvalue weighted by molar-refractivity contribution is 7.18. The van der Waals surface area contributed by atoms with Crippen LogP contribution >= 0.6 is 11.3 Å². The van der Waals surface area contributed by atoms with Gasteiger partial charge in [-0.15, -0.1) is 11.3 Å². The van der Waals surface area contributed by atoms with Gasteiger partial charge in [0.25, 0.3) is 0 Å². The van der Waals surface area contributed by atoms with Crippen LogP contribution in [0.2, 0.25) is 0 Å². The van der Waals surface area contributed by atoms with Crippen molar-refractivity contribution in [3.8, 4) is 0 Å². The number of ketones is 1. The number of nitrogen functional groups attached to an aromatic ring is 1. The molecule has 3 rings (SSSR count). The zero-order valence-corrected chi connectivity index (χ0v) is 14.4. The Hall–Kier alpha value is -2.67. The predicted octanol–water partition coefficient (Wildman–Crippen LogP) is 2.81. The molecule has 1 aromatic heterocycles. The number of thiophene rings is 1. The Balaban J connectivity index is 2.12. The average Bonchev–Trinajstić information content (AvgIpc) is 2.92. The lowest BCUT2D eigenvalue weighted by Gasteiger charge is -2.36. The lowest BCUT2D eigenvalue weighted by Crippen LogP contribution is -2.40. The quantitative estimate of drug-likeness (QED) is 0.483. The van der Waals surface area contributed by atoms with Crippen LogP contribution in [0.1, 0.15) is 50.4 Å². The van der Waals surface area contributed by atoms with Gasteiger partial charge in [0, 0.05) is 6.42 Å². The van der Waals surface area contributed by atoms with Crippen molar-refractivity contribution in [2.75, 3.05) is 5.73 Å². The van der Waals surface area contributed by atoms with E-state index >= 15 is 0 Å². The molecular weight excluding hydrogens is 338 g/mol. The Morgan fingerprint density at radius 2 is 2.00 bits per heavy atom. The van der Waals surface area contributed by atoms with E-state index in [1.165, 1.54) is 0 Å². The zero-order chi connectivity index (χ0) is 18.2. The maximum atomic E-state index is 13.4. The number of anilines is 1. The Morgan fingerprint density at radius 3 is 2.60 bits per heavy atom. The molecule has 130 valence electrons. The van der Waals surface area contributed by atoms with Crippen molar-refractivity contribution in [3.05, 3.63) is 51.9 Å². The number of amidine groups is 1. The first-order valence-corrected chi connectivity index (χ1v) is 8.76. The van der Waals surface area contributed by atoms with Crippen molar-refractivity contribution >= 4 is 33.9 Å². The molecule has 1 heterocycles. The van der Waals surface area contributed by atoms with E-state index in [1.807, 2.05) is 30.3 Å². The van der Waals surface area contributed by atoms with Crippen LogP contribution in [-0.2, 0) is 11.8 Å². The molecule has 0 saturated heterocycles. The second-order valence-corrected chi connectivity index (χ2v) is 7.31. The number of nitrogens with one attached hydrogen (secondary N) is 1. The number of rotatable bonds is 5. The van der Waals surface area contributed by atoms with Gasteiger partial charge in [0.1, 0.15) is 5.00 Å². The summed E-state index contributed by atoms with van der Waals surface area (Å²) in [5.74, 6) is -1.19. The minimum Gasteiger partial charge on any atom is -0.478 e. The number of carboxylic acids is 1. The third-order valence-corrected chi connectivity index (χ3v) is 5.90. The van der Waals surface area contributed by atoms with Gasteiger partial charge in [0.15, 0.2) is 5.78 Å². The topological polar surface area (TPSA) is 130 Å². The molecule has 0 spiro atoms. The molecular formula is C18H19N3O3S. The fourth-order valence-corrected chi connectivity index (χ4v) is 4.72. The van der Waals surface area contributed by atoms with Crippen molar-refractivity contribution in [2.24, 2.45) is 5.73 Å². The van der Waals surface area contributed by atoms with Crippen molar-refractivity contribution in [2.45, 2.75) is 31.1 Å². The average molecular weight is 357 g/mol. The lowest BCUT2D eigenvalue weighted by atomic mass is 9.66. The Kier molecular flexibility index (Phi) is 4.34. The highest BCUT2D eigenvalue weighted by Gasteiger charge is 2.46. The summed E-state index contributed by atoms with van der Waals surface area (Å²) in [4.78, 5) is 25.3. The van der Waals surface area contributed by atoms with Gasteiger partial charge in [-0.2, -0.15) is 0 Å². The molecule has 7 heteroatoms. The maximum Gasteiger partial charge on any atom is 0.338 e. The van der Waals surface area contributed by atoms with Crippen molar-refractivity contribution < 1.29 is 14.7 Å². The smallest absolute Gasteiger partial charge is 0.338 e. The molecule has 0 fully saturated rings. The maximum absolute atomic E-state index is 13.4. The summed E-state index contributed by atoms with van der Waals surface area (Å²) in [6.07, 6.45) is 1.67. The summed E-state index contributed by atoms with van der Waals surface area (Å²) in [6, 6.07) is 9.43. The van der Waals surface area contributed by atoms with E-state index < -0.39 is 11.4 Å². The van der Waals surface area contributed by atoms with Crippen LogP contribution in [0.4, 0.5) is 5.00 Å². The van der Waals surface area contributed by atoms with Gasteiger partial charge in [0.2, 0.25) is 0 Å². The molecule has 1 unspecified atom stereocenters. The molecule has 1 aliphatic rings. The summed E-state index contributed by atoms with van der Waals surface area (Å²) in [6.45, 7) is 0. The number of carbonyl (C=O) groups excluding carboxylic acids is 1. The zero-order valence-electron chi connectivity index (χ0n) is 13.5. The number of nitrogens with two attached hydrogens (primary N) is 2. The number of carbonyl (C=O) groups is 2. The Morgan fingerprint density at radius 1 is 1.32 bits per heavy atom. The predicted molar refractivity (Wildman–Crippen MR) is 97.6 cm³/mol. The largest absolute Gasteiger partial charge is 0.478 e. The van der Waals surface area contributed by atoms with Crippen molar-refractivity contribution in [3.63, 3.8) is 0 Å². The van der Waals surface area contributed by atoms with Crippen molar-refractivity contribution in [1.82, 2.24) is 0 Å². The highest BCUT2D eigenvalue weighted by Crippen LogP contribution is 2.46. The molecule has 1 aliphatic carbocycles. The highest BCUT2D eigenvalue weighted by atomic mass is 32.1. The molecule has 6 N–H and O–H groups in total. The molecule has 2 aromatic rings. The van der Waals surface area contributed by atoms with Crippen LogP contribution in [0.5, 0.6) is 0 Å². The Bertz CT molecular complexity index is 860. The van der Waals surface area contributed by atoms with Gasteiger partial charge >= 0.3 is 5.97 Å². The van der Waals surface area contributed by atoms with Gasteiger partial charge < -0.3 is 16.6 Å². The van der Waals surface area contributed by atoms with E-state index in [4.69, 9.17) is 16.9 Å². The summed E-state index contributed by atoms with van der Waals surface area (Å²) >= 11 is 1.05. The fourth-order valence-electron chi connectivity index (χ4n) is 3.57. The molecule has 0 aliphatic heterocycles. The lowest BCUT2D eigenvalue weighted by molar-refractivity contribution is 0.0697. The first-order chi connectivity index (χ1) is 11.9. The number of aromatic carboxylic acids is 1. The summed E-state index contributed by atoms with van der Waals surface area (Å²) < 4.78 is 0. The van der Waals surface area contributed by atoms with Crippen LogP contribution in [0, 0.1) is 5.41 Å². The van der Waals surface area contributed by atoms with Gasteiger partial charge in [-0.05, 0) is 30.4 Å². The molecule has 1 atom stereocenters. The number of benzene rings is 1. The summed E-state index contributed by atoms with van der Waals surface area (Å²) in [5, 5.41) is 17.1.